The quantitative estimate of drug-likeness (QED) is 0.822. The molecule has 0 spiro atoms. The van der Waals surface area contributed by atoms with Gasteiger partial charge in [-0.2, -0.15) is 0 Å². The molecule has 0 radical (unpaired) electrons. The van der Waals surface area contributed by atoms with Crippen molar-refractivity contribution in [1.29, 1.82) is 0 Å². The zero-order valence-electron chi connectivity index (χ0n) is 6.89. The van der Waals surface area contributed by atoms with E-state index in [0.717, 1.165) is 6.42 Å². The van der Waals surface area contributed by atoms with Gasteiger partial charge >= 0.3 is 0 Å². The molecular weight excluding hydrogens is 261 g/mol. The van der Waals surface area contributed by atoms with Gasteiger partial charge in [0.2, 0.25) is 0 Å². The van der Waals surface area contributed by atoms with E-state index in [2.05, 4.69) is 46.9 Å². The molecule has 0 aromatic heterocycles. The molecule has 2 N–H and O–H groups in total. The maximum absolute atomic E-state index is 6.04. The topological polar surface area (TPSA) is 26.0 Å². The molecule has 2 heteroatoms. The van der Waals surface area contributed by atoms with Gasteiger partial charge in [-0.05, 0) is 53.5 Å². The molecule has 0 amide bonds. The van der Waals surface area contributed by atoms with Crippen LogP contribution in [-0.4, -0.2) is 5.54 Å². The number of hydrogen-bond donors (Lipinski definition) is 1. The van der Waals surface area contributed by atoms with Gasteiger partial charge in [0.1, 0.15) is 0 Å². The first-order valence-corrected chi connectivity index (χ1v) is 5.30. The highest BCUT2D eigenvalue weighted by Crippen LogP contribution is 2.36. The van der Waals surface area contributed by atoms with Gasteiger partial charge in [0.25, 0.3) is 0 Å². The molecule has 64 valence electrons. The summed E-state index contributed by atoms with van der Waals surface area (Å²) in [7, 11) is 0. The minimum Gasteiger partial charge on any atom is -0.325 e. The average Bonchev–Trinajstić information content (AvgIpc) is 2.74. The van der Waals surface area contributed by atoms with Crippen LogP contribution in [0.4, 0.5) is 0 Å². The summed E-state index contributed by atoms with van der Waals surface area (Å²) in [6, 6.07) is 8.47. The number of rotatable bonds is 2. The van der Waals surface area contributed by atoms with Crippen LogP contribution in [0, 0.1) is 3.57 Å². The molecule has 0 saturated heterocycles. The zero-order valence-corrected chi connectivity index (χ0v) is 9.04. The highest BCUT2D eigenvalue weighted by atomic mass is 127. The molecule has 0 aliphatic heterocycles. The largest absolute Gasteiger partial charge is 0.325 e. The van der Waals surface area contributed by atoms with Crippen molar-refractivity contribution in [3.05, 3.63) is 33.4 Å². The van der Waals surface area contributed by atoms with Crippen LogP contribution in [0.3, 0.4) is 0 Å². The summed E-state index contributed by atoms with van der Waals surface area (Å²) in [6.07, 6.45) is 3.43. The van der Waals surface area contributed by atoms with Crippen molar-refractivity contribution in [3.8, 4) is 0 Å². The van der Waals surface area contributed by atoms with Gasteiger partial charge in [0.15, 0.2) is 0 Å². The van der Waals surface area contributed by atoms with Crippen LogP contribution < -0.4 is 5.73 Å². The molecule has 1 aromatic rings. The van der Waals surface area contributed by atoms with Crippen molar-refractivity contribution < 1.29 is 0 Å². The zero-order chi connectivity index (χ0) is 8.60. The van der Waals surface area contributed by atoms with E-state index in [-0.39, 0.29) is 5.54 Å². The molecule has 1 aliphatic carbocycles. The van der Waals surface area contributed by atoms with Crippen molar-refractivity contribution >= 4 is 22.6 Å². The van der Waals surface area contributed by atoms with E-state index >= 15 is 0 Å². The number of nitrogens with two attached hydrogens (primary N) is 1. The molecule has 1 aromatic carbocycles. The third-order valence-electron chi connectivity index (χ3n) is 2.39. The third kappa shape index (κ3) is 1.80. The molecule has 1 aliphatic rings. The fourth-order valence-electron chi connectivity index (χ4n) is 1.36. The van der Waals surface area contributed by atoms with Crippen molar-refractivity contribution in [2.45, 2.75) is 24.8 Å². The van der Waals surface area contributed by atoms with E-state index in [4.69, 9.17) is 5.73 Å². The Morgan fingerprint density at radius 1 is 1.33 bits per heavy atom. The Morgan fingerprint density at radius 3 is 2.58 bits per heavy atom. The highest BCUT2D eigenvalue weighted by molar-refractivity contribution is 14.1. The first kappa shape index (κ1) is 8.51. The van der Waals surface area contributed by atoms with Gasteiger partial charge < -0.3 is 5.73 Å². The smallest absolute Gasteiger partial charge is 0.0196 e. The minimum atomic E-state index is 0.140. The SMILES string of the molecule is NC1(Cc2ccccc2I)CC1. The Bertz CT molecular complexity index is 292. The standard InChI is InChI=1S/C10H12IN/c11-9-4-2-1-3-8(9)7-10(12)5-6-10/h1-4H,5-7,12H2. The van der Waals surface area contributed by atoms with E-state index < -0.39 is 0 Å². The monoisotopic (exact) mass is 273 g/mol. The maximum atomic E-state index is 6.04. The number of benzene rings is 1. The van der Waals surface area contributed by atoms with Gasteiger partial charge in [-0.3, -0.25) is 0 Å². The fourth-order valence-corrected chi connectivity index (χ4v) is 1.94. The van der Waals surface area contributed by atoms with Gasteiger partial charge in [-0.15, -0.1) is 0 Å². The second-order valence-electron chi connectivity index (χ2n) is 3.63. The van der Waals surface area contributed by atoms with Crippen molar-refractivity contribution in [3.63, 3.8) is 0 Å². The molecule has 0 bridgehead atoms. The summed E-state index contributed by atoms with van der Waals surface area (Å²) in [5.74, 6) is 0. The van der Waals surface area contributed by atoms with Crippen LogP contribution in [0.15, 0.2) is 24.3 Å². The van der Waals surface area contributed by atoms with Crippen LogP contribution in [0.5, 0.6) is 0 Å². The highest BCUT2D eigenvalue weighted by Gasteiger charge is 2.38. The van der Waals surface area contributed by atoms with Crippen LogP contribution in [0.25, 0.3) is 0 Å². The lowest BCUT2D eigenvalue weighted by Gasteiger charge is -2.09. The summed E-state index contributed by atoms with van der Waals surface area (Å²) < 4.78 is 1.34. The van der Waals surface area contributed by atoms with Crippen LogP contribution in [-0.2, 0) is 6.42 Å². The van der Waals surface area contributed by atoms with Crippen molar-refractivity contribution in [2.24, 2.45) is 5.73 Å². The Kier molecular flexibility index (Phi) is 2.12. The third-order valence-corrected chi connectivity index (χ3v) is 3.44. The van der Waals surface area contributed by atoms with Crippen molar-refractivity contribution in [2.75, 3.05) is 0 Å². The Hall–Kier alpha value is -0.0900. The Morgan fingerprint density at radius 2 is 2.00 bits per heavy atom. The Labute approximate surface area is 86.5 Å². The first-order valence-electron chi connectivity index (χ1n) is 4.22. The predicted molar refractivity (Wildman–Crippen MR) is 59.0 cm³/mol. The normalized spacial score (nSPS) is 19.2. The first-order chi connectivity index (χ1) is 5.70. The van der Waals surface area contributed by atoms with E-state index in [0.29, 0.717) is 0 Å². The van der Waals surface area contributed by atoms with Crippen LogP contribution >= 0.6 is 22.6 Å². The number of hydrogen-bond acceptors (Lipinski definition) is 1. The fraction of sp³-hybridized carbons (Fsp3) is 0.400. The number of halogens is 1. The molecule has 1 fully saturated rings. The molecule has 1 nitrogen and oxygen atoms in total. The van der Waals surface area contributed by atoms with Gasteiger partial charge in [-0.1, -0.05) is 18.2 Å². The average molecular weight is 273 g/mol. The van der Waals surface area contributed by atoms with Gasteiger partial charge in [-0.25, -0.2) is 0 Å². The van der Waals surface area contributed by atoms with Crippen molar-refractivity contribution in [1.82, 2.24) is 0 Å². The van der Waals surface area contributed by atoms with E-state index in [1.165, 1.54) is 22.0 Å². The maximum Gasteiger partial charge on any atom is 0.0196 e. The van der Waals surface area contributed by atoms with E-state index in [1.807, 2.05) is 0 Å². The molecule has 2 rings (SSSR count). The summed E-state index contributed by atoms with van der Waals surface area (Å²) in [5.41, 5.74) is 7.59. The second kappa shape index (κ2) is 3.00. The lowest BCUT2D eigenvalue weighted by molar-refractivity contribution is 0.670. The van der Waals surface area contributed by atoms with E-state index in [1.54, 1.807) is 0 Å². The molecule has 1 saturated carbocycles. The predicted octanol–water partition coefficient (Wildman–Crippen LogP) is 2.33. The second-order valence-corrected chi connectivity index (χ2v) is 4.79. The van der Waals surface area contributed by atoms with Gasteiger partial charge in [0, 0.05) is 9.11 Å². The van der Waals surface area contributed by atoms with Crippen LogP contribution in [0.1, 0.15) is 18.4 Å². The molecule has 0 heterocycles. The lowest BCUT2D eigenvalue weighted by atomic mass is 10.1. The summed E-state index contributed by atoms with van der Waals surface area (Å²) in [4.78, 5) is 0. The van der Waals surface area contributed by atoms with Crippen LogP contribution in [0.2, 0.25) is 0 Å². The summed E-state index contributed by atoms with van der Waals surface area (Å²) in [6.45, 7) is 0. The lowest BCUT2D eigenvalue weighted by Crippen LogP contribution is -2.24. The molecule has 0 unspecified atom stereocenters. The Balaban J connectivity index is 2.17. The summed E-state index contributed by atoms with van der Waals surface area (Å²) >= 11 is 2.37. The van der Waals surface area contributed by atoms with Gasteiger partial charge in [0.05, 0.1) is 0 Å². The molecule has 12 heavy (non-hydrogen) atoms. The minimum absolute atomic E-state index is 0.140. The van der Waals surface area contributed by atoms with E-state index in [9.17, 15) is 0 Å². The molecule has 0 atom stereocenters. The molecular formula is C10H12IN. The summed E-state index contributed by atoms with van der Waals surface area (Å²) in [5, 5.41) is 0.